The van der Waals surface area contributed by atoms with E-state index in [9.17, 15) is 4.79 Å². The fraction of sp³-hybridized carbons (Fsp3) is 0.471. The van der Waals surface area contributed by atoms with Gasteiger partial charge in [0.05, 0.1) is 6.04 Å². The summed E-state index contributed by atoms with van der Waals surface area (Å²) in [6.07, 6.45) is 7.69. The molecule has 0 fully saturated rings. The number of benzene rings is 1. The standard InChI is InChI=1S/C17H21NO/c1-13-16-10-6-5-9-15(16)12-18(13)17(19)11-14-7-3-2-4-8-14/h5-7,9-10,13H,2-4,8,11-12H2,1H3/t13-/m1/s1. The predicted molar refractivity (Wildman–Crippen MR) is 76.6 cm³/mol. The number of rotatable bonds is 2. The van der Waals surface area contributed by atoms with Crippen LogP contribution in [-0.2, 0) is 11.3 Å². The molecule has 2 heteroatoms. The van der Waals surface area contributed by atoms with Crippen LogP contribution in [0.5, 0.6) is 0 Å². The average Bonchev–Trinajstić information content (AvgIpc) is 2.78. The van der Waals surface area contributed by atoms with Crippen molar-refractivity contribution in [3.63, 3.8) is 0 Å². The second kappa shape index (κ2) is 5.20. The molecule has 1 aliphatic heterocycles. The second-order valence-electron chi connectivity index (χ2n) is 5.68. The van der Waals surface area contributed by atoms with Crippen molar-refractivity contribution < 1.29 is 4.79 Å². The summed E-state index contributed by atoms with van der Waals surface area (Å²) in [5, 5.41) is 0. The normalized spacial score (nSPS) is 22.1. The zero-order valence-corrected chi connectivity index (χ0v) is 11.6. The van der Waals surface area contributed by atoms with E-state index < -0.39 is 0 Å². The Bertz CT molecular complexity index is 518. The van der Waals surface area contributed by atoms with Crippen LogP contribution in [0.1, 0.15) is 56.2 Å². The van der Waals surface area contributed by atoms with Crippen LogP contribution in [0.4, 0.5) is 0 Å². The SMILES string of the molecule is C[C@@H]1c2ccccc2CN1C(=O)CC1=CCCCC1. The van der Waals surface area contributed by atoms with Crippen LogP contribution >= 0.6 is 0 Å². The molecule has 1 aromatic rings. The topological polar surface area (TPSA) is 20.3 Å². The van der Waals surface area contributed by atoms with Crippen molar-refractivity contribution in [1.29, 1.82) is 0 Å². The number of hydrogen-bond acceptors (Lipinski definition) is 1. The molecule has 2 aliphatic rings. The molecule has 1 atom stereocenters. The highest BCUT2D eigenvalue weighted by atomic mass is 16.2. The molecule has 0 spiro atoms. The molecule has 3 rings (SSSR count). The van der Waals surface area contributed by atoms with Crippen molar-refractivity contribution in [2.75, 3.05) is 0 Å². The average molecular weight is 255 g/mol. The van der Waals surface area contributed by atoms with Crippen molar-refractivity contribution in [2.24, 2.45) is 0 Å². The van der Waals surface area contributed by atoms with E-state index in [0.29, 0.717) is 6.42 Å². The number of carbonyl (C=O) groups is 1. The number of fused-ring (bicyclic) bond motifs is 1. The summed E-state index contributed by atoms with van der Waals surface area (Å²) < 4.78 is 0. The summed E-state index contributed by atoms with van der Waals surface area (Å²) in [6, 6.07) is 8.63. The molecule has 19 heavy (non-hydrogen) atoms. The van der Waals surface area contributed by atoms with Crippen LogP contribution in [0.25, 0.3) is 0 Å². The van der Waals surface area contributed by atoms with Crippen molar-refractivity contribution in [2.45, 2.75) is 51.6 Å². The third kappa shape index (κ3) is 2.44. The molecular weight excluding hydrogens is 234 g/mol. The number of nitrogens with zero attached hydrogens (tertiary/aromatic N) is 1. The number of carbonyl (C=O) groups excluding carboxylic acids is 1. The van der Waals surface area contributed by atoms with Gasteiger partial charge < -0.3 is 4.90 Å². The second-order valence-corrected chi connectivity index (χ2v) is 5.68. The van der Waals surface area contributed by atoms with Crippen LogP contribution in [0.2, 0.25) is 0 Å². The molecule has 1 aromatic carbocycles. The van der Waals surface area contributed by atoms with Gasteiger partial charge in [0.15, 0.2) is 0 Å². The Morgan fingerprint density at radius 1 is 1.32 bits per heavy atom. The highest BCUT2D eigenvalue weighted by Crippen LogP contribution is 2.34. The first-order valence-corrected chi connectivity index (χ1v) is 7.31. The molecule has 1 amide bonds. The van der Waals surface area contributed by atoms with Crippen molar-refractivity contribution >= 4 is 5.91 Å². The van der Waals surface area contributed by atoms with Crippen molar-refractivity contribution in [3.05, 3.63) is 47.0 Å². The Balaban J connectivity index is 1.71. The molecule has 1 heterocycles. The largest absolute Gasteiger partial charge is 0.331 e. The lowest BCUT2D eigenvalue weighted by Crippen LogP contribution is -2.28. The van der Waals surface area contributed by atoms with Crippen LogP contribution in [0, 0.1) is 0 Å². The van der Waals surface area contributed by atoms with Crippen molar-refractivity contribution in [3.8, 4) is 0 Å². The summed E-state index contributed by atoms with van der Waals surface area (Å²) in [7, 11) is 0. The zero-order chi connectivity index (χ0) is 13.2. The van der Waals surface area contributed by atoms with Gasteiger partial charge in [0.1, 0.15) is 0 Å². The third-order valence-corrected chi connectivity index (χ3v) is 4.40. The van der Waals surface area contributed by atoms with Gasteiger partial charge in [0.25, 0.3) is 0 Å². The van der Waals surface area contributed by atoms with E-state index in [1.54, 1.807) is 0 Å². The van der Waals surface area contributed by atoms with Gasteiger partial charge in [-0.3, -0.25) is 4.79 Å². The third-order valence-electron chi connectivity index (χ3n) is 4.40. The van der Waals surface area contributed by atoms with Gasteiger partial charge in [0.2, 0.25) is 5.91 Å². The zero-order valence-electron chi connectivity index (χ0n) is 11.6. The summed E-state index contributed by atoms with van der Waals surface area (Å²) in [5.41, 5.74) is 3.97. The highest BCUT2D eigenvalue weighted by molar-refractivity contribution is 5.80. The Morgan fingerprint density at radius 2 is 2.16 bits per heavy atom. The Labute approximate surface area is 115 Å². The first-order valence-electron chi connectivity index (χ1n) is 7.31. The quantitative estimate of drug-likeness (QED) is 0.732. The first-order chi connectivity index (χ1) is 9.25. The predicted octanol–water partition coefficient (Wildman–Crippen LogP) is 3.98. The first kappa shape index (κ1) is 12.5. The fourth-order valence-electron chi connectivity index (χ4n) is 3.24. The molecule has 0 radical (unpaired) electrons. The monoisotopic (exact) mass is 255 g/mol. The minimum Gasteiger partial charge on any atom is -0.331 e. The van der Waals surface area contributed by atoms with Gasteiger partial charge in [-0.15, -0.1) is 0 Å². The molecule has 0 bridgehead atoms. The van der Waals surface area contributed by atoms with E-state index in [4.69, 9.17) is 0 Å². The van der Waals surface area contributed by atoms with Gasteiger partial charge in [-0.05, 0) is 43.7 Å². The summed E-state index contributed by atoms with van der Waals surface area (Å²) in [4.78, 5) is 14.5. The number of hydrogen-bond donors (Lipinski definition) is 0. The van der Waals surface area contributed by atoms with Gasteiger partial charge in [-0.25, -0.2) is 0 Å². The van der Waals surface area contributed by atoms with Crippen LogP contribution in [0.15, 0.2) is 35.9 Å². The van der Waals surface area contributed by atoms with Gasteiger partial charge in [-0.1, -0.05) is 35.9 Å². The van der Waals surface area contributed by atoms with E-state index in [-0.39, 0.29) is 11.9 Å². The molecule has 0 saturated heterocycles. The molecular formula is C17H21NO. The summed E-state index contributed by atoms with van der Waals surface area (Å²) in [6.45, 7) is 2.92. The van der Waals surface area contributed by atoms with E-state index in [0.717, 1.165) is 19.4 Å². The summed E-state index contributed by atoms with van der Waals surface area (Å²) in [5.74, 6) is 0.289. The Morgan fingerprint density at radius 3 is 2.89 bits per heavy atom. The van der Waals surface area contributed by atoms with E-state index >= 15 is 0 Å². The lowest BCUT2D eigenvalue weighted by molar-refractivity contribution is -0.132. The van der Waals surface area contributed by atoms with Crippen LogP contribution in [0.3, 0.4) is 0 Å². The maximum Gasteiger partial charge on any atom is 0.227 e. The van der Waals surface area contributed by atoms with E-state index in [2.05, 4.69) is 37.3 Å². The fourth-order valence-corrected chi connectivity index (χ4v) is 3.24. The smallest absolute Gasteiger partial charge is 0.227 e. The maximum atomic E-state index is 12.5. The van der Waals surface area contributed by atoms with Gasteiger partial charge >= 0.3 is 0 Å². The van der Waals surface area contributed by atoms with Crippen LogP contribution < -0.4 is 0 Å². The minimum absolute atomic E-state index is 0.230. The molecule has 2 nitrogen and oxygen atoms in total. The lowest BCUT2D eigenvalue weighted by atomic mass is 9.96. The van der Waals surface area contributed by atoms with Gasteiger partial charge in [-0.2, -0.15) is 0 Å². The van der Waals surface area contributed by atoms with Crippen molar-refractivity contribution in [1.82, 2.24) is 4.90 Å². The summed E-state index contributed by atoms with van der Waals surface area (Å²) >= 11 is 0. The molecule has 100 valence electrons. The van der Waals surface area contributed by atoms with Gasteiger partial charge in [0, 0.05) is 13.0 Å². The number of amides is 1. The maximum absolute atomic E-state index is 12.5. The number of allylic oxidation sites excluding steroid dienone is 1. The van der Waals surface area contributed by atoms with Crippen LogP contribution in [-0.4, -0.2) is 10.8 Å². The molecule has 0 aromatic heterocycles. The molecule has 0 N–H and O–H groups in total. The highest BCUT2D eigenvalue weighted by Gasteiger charge is 2.29. The van der Waals surface area contributed by atoms with E-state index in [1.165, 1.54) is 29.5 Å². The minimum atomic E-state index is 0.230. The molecule has 0 unspecified atom stereocenters. The lowest BCUT2D eigenvalue weighted by Gasteiger charge is -2.23. The van der Waals surface area contributed by atoms with E-state index in [1.807, 2.05) is 4.90 Å². The molecule has 0 saturated carbocycles. The Hall–Kier alpha value is -1.57. The molecule has 1 aliphatic carbocycles. The Kier molecular flexibility index (Phi) is 3.41.